The Kier molecular flexibility index (Phi) is 3.16. The molecule has 2 aromatic carbocycles. The van der Waals surface area contributed by atoms with E-state index < -0.39 is 0 Å². The van der Waals surface area contributed by atoms with Crippen molar-refractivity contribution in [3.63, 3.8) is 0 Å². The van der Waals surface area contributed by atoms with Crippen LogP contribution in [0.1, 0.15) is 5.56 Å². The molecule has 1 aromatic heterocycles. The SMILES string of the molecule is Cn1/c(=N\N=C\c2ccc3c(c2)OCO3)sc2ccccc21. The molecule has 2 heterocycles. The third-order valence-corrected chi connectivity index (χ3v) is 4.56. The number of benzene rings is 2. The molecule has 0 saturated carbocycles. The van der Waals surface area contributed by atoms with Crippen LogP contribution in [0.2, 0.25) is 0 Å². The van der Waals surface area contributed by atoms with Gasteiger partial charge in [0, 0.05) is 7.05 Å². The number of hydrogen-bond acceptors (Lipinski definition) is 5. The van der Waals surface area contributed by atoms with Gasteiger partial charge in [0.05, 0.1) is 16.4 Å². The van der Waals surface area contributed by atoms with E-state index >= 15 is 0 Å². The topological polar surface area (TPSA) is 48.1 Å². The second kappa shape index (κ2) is 5.31. The van der Waals surface area contributed by atoms with Gasteiger partial charge in [-0.3, -0.25) is 0 Å². The lowest BCUT2D eigenvalue weighted by atomic mass is 10.2. The van der Waals surface area contributed by atoms with E-state index in [0.29, 0.717) is 0 Å². The van der Waals surface area contributed by atoms with Crippen LogP contribution in [-0.2, 0) is 7.05 Å². The molecule has 0 N–H and O–H groups in total. The number of ether oxygens (including phenoxy) is 2. The molecule has 5 nitrogen and oxygen atoms in total. The largest absolute Gasteiger partial charge is 0.454 e. The van der Waals surface area contributed by atoms with E-state index in [1.54, 1.807) is 17.6 Å². The van der Waals surface area contributed by atoms with Crippen LogP contribution in [0.3, 0.4) is 0 Å². The zero-order chi connectivity index (χ0) is 14.9. The summed E-state index contributed by atoms with van der Waals surface area (Å²) < 4.78 is 13.9. The molecule has 0 bridgehead atoms. The van der Waals surface area contributed by atoms with E-state index in [-0.39, 0.29) is 6.79 Å². The minimum atomic E-state index is 0.276. The van der Waals surface area contributed by atoms with Crippen molar-refractivity contribution in [2.45, 2.75) is 0 Å². The number of aromatic nitrogens is 1. The fourth-order valence-electron chi connectivity index (χ4n) is 2.32. The molecular formula is C16H13N3O2S. The zero-order valence-corrected chi connectivity index (χ0v) is 12.7. The number of hydrogen-bond donors (Lipinski definition) is 0. The second-order valence-corrected chi connectivity index (χ2v) is 5.88. The first kappa shape index (κ1) is 13.1. The normalized spacial score (nSPS) is 14.3. The van der Waals surface area contributed by atoms with Crippen LogP contribution in [0.15, 0.2) is 52.7 Å². The van der Waals surface area contributed by atoms with E-state index in [2.05, 4.69) is 22.3 Å². The molecule has 110 valence electrons. The third kappa shape index (κ3) is 2.27. The molecule has 4 rings (SSSR count). The molecule has 0 aliphatic carbocycles. The first-order valence-electron chi connectivity index (χ1n) is 6.82. The van der Waals surface area contributed by atoms with E-state index in [1.807, 2.05) is 41.9 Å². The highest BCUT2D eigenvalue weighted by Crippen LogP contribution is 2.31. The van der Waals surface area contributed by atoms with E-state index in [0.717, 1.165) is 27.4 Å². The molecule has 0 fully saturated rings. The molecule has 1 aliphatic rings. The molecule has 0 amide bonds. The molecule has 6 heteroatoms. The molecule has 0 unspecified atom stereocenters. The summed E-state index contributed by atoms with van der Waals surface area (Å²) in [5.41, 5.74) is 2.08. The number of para-hydroxylation sites is 1. The average Bonchev–Trinajstić information content (AvgIpc) is 3.12. The number of fused-ring (bicyclic) bond motifs is 2. The van der Waals surface area contributed by atoms with Gasteiger partial charge in [-0.25, -0.2) is 0 Å². The van der Waals surface area contributed by atoms with Crippen molar-refractivity contribution in [2.75, 3.05) is 6.79 Å². The highest BCUT2D eigenvalue weighted by atomic mass is 32.1. The van der Waals surface area contributed by atoms with Gasteiger partial charge in [-0.15, -0.1) is 5.10 Å². The van der Waals surface area contributed by atoms with Gasteiger partial charge in [0.15, 0.2) is 11.5 Å². The van der Waals surface area contributed by atoms with Crippen LogP contribution in [0, 0.1) is 0 Å². The van der Waals surface area contributed by atoms with Crippen LogP contribution >= 0.6 is 11.3 Å². The lowest BCUT2D eigenvalue weighted by Crippen LogP contribution is -2.08. The van der Waals surface area contributed by atoms with Gasteiger partial charge >= 0.3 is 0 Å². The summed E-state index contributed by atoms with van der Waals surface area (Å²) in [6.07, 6.45) is 1.71. The summed E-state index contributed by atoms with van der Waals surface area (Å²) in [5.74, 6) is 1.52. The minimum absolute atomic E-state index is 0.276. The maximum Gasteiger partial charge on any atom is 0.231 e. The monoisotopic (exact) mass is 311 g/mol. The van der Waals surface area contributed by atoms with Gasteiger partial charge in [0.2, 0.25) is 11.6 Å². The van der Waals surface area contributed by atoms with Crippen molar-refractivity contribution >= 4 is 27.8 Å². The average molecular weight is 311 g/mol. The first-order chi connectivity index (χ1) is 10.8. The van der Waals surface area contributed by atoms with Gasteiger partial charge in [-0.1, -0.05) is 23.5 Å². The van der Waals surface area contributed by atoms with Crippen molar-refractivity contribution in [2.24, 2.45) is 17.3 Å². The summed E-state index contributed by atoms with van der Waals surface area (Å²) in [7, 11) is 1.99. The maximum atomic E-state index is 5.35. The predicted octanol–water partition coefficient (Wildman–Crippen LogP) is 2.90. The second-order valence-electron chi connectivity index (χ2n) is 4.87. The Balaban J connectivity index is 1.66. The van der Waals surface area contributed by atoms with Crippen molar-refractivity contribution in [1.82, 2.24) is 4.57 Å². The molecular weight excluding hydrogens is 298 g/mol. The van der Waals surface area contributed by atoms with Crippen LogP contribution in [-0.4, -0.2) is 17.6 Å². The minimum Gasteiger partial charge on any atom is -0.454 e. The van der Waals surface area contributed by atoms with Crippen molar-refractivity contribution in [3.8, 4) is 11.5 Å². The van der Waals surface area contributed by atoms with E-state index in [9.17, 15) is 0 Å². The Morgan fingerprint density at radius 2 is 2.00 bits per heavy atom. The third-order valence-electron chi connectivity index (χ3n) is 3.46. The quantitative estimate of drug-likeness (QED) is 0.540. The Labute approximate surface area is 130 Å². The first-order valence-corrected chi connectivity index (χ1v) is 7.64. The number of thiazole rings is 1. The summed E-state index contributed by atoms with van der Waals surface area (Å²) in [5, 5.41) is 8.50. The fourth-order valence-corrected chi connectivity index (χ4v) is 3.29. The Morgan fingerprint density at radius 3 is 2.91 bits per heavy atom. The number of nitrogens with zero attached hydrogens (tertiary/aromatic N) is 3. The maximum absolute atomic E-state index is 5.35. The van der Waals surface area contributed by atoms with Crippen LogP contribution < -0.4 is 14.3 Å². The molecule has 0 spiro atoms. The molecule has 0 atom stereocenters. The molecule has 0 saturated heterocycles. The number of rotatable bonds is 2. The fraction of sp³-hybridized carbons (Fsp3) is 0.125. The Bertz CT molecular complexity index is 940. The smallest absolute Gasteiger partial charge is 0.231 e. The van der Waals surface area contributed by atoms with Gasteiger partial charge in [-0.2, -0.15) is 5.10 Å². The van der Waals surface area contributed by atoms with Crippen LogP contribution in [0.25, 0.3) is 10.2 Å². The molecule has 0 radical (unpaired) electrons. The summed E-state index contributed by atoms with van der Waals surface area (Å²) in [4.78, 5) is 0.859. The summed E-state index contributed by atoms with van der Waals surface area (Å²) in [6, 6.07) is 13.9. The summed E-state index contributed by atoms with van der Waals surface area (Å²) in [6.45, 7) is 0.276. The molecule has 3 aromatic rings. The highest BCUT2D eigenvalue weighted by molar-refractivity contribution is 7.16. The Morgan fingerprint density at radius 1 is 1.14 bits per heavy atom. The van der Waals surface area contributed by atoms with Gasteiger partial charge in [-0.05, 0) is 35.9 Å². The zero-order valence-electron chi connectivity index (χ0n) is 11.9. The lowest BCUT2D eigenvalue weighted by molar-refractivity contribution is 0.174. The van der Waals surface area contributed by atoms with E-state index in [1.165, 1.54) is 4.70 Å². The van der Waals surface area contributed by atoms with Gasteiger partial charge in [0.25, 0.3) is 0 Å². The lowest BCUT2D eigenvalue weighted by Gasteiger charge is -1.96. The number of aryl methyl sites for hydroxylation is 1. The van der Waals surface area contributed by atoms with E-state index in [4.69, 9.17) is 9.47 Å². The highest BCUT2D eigenvalue weighted by Gasteiger charge is 2.12. The predicted molar refractivity (Wildman–Crippen MR) is 86.5 cm³/mol. The molecule has 22 heavy (non-hydrogen) atoms. The Hall–Kier alpha value is -2.60. The summed E-state index contributed by atoms with van der Waals surface area (Å²) >= 11 is 1.62. The van der Waals surface area contributed by atoms with Crippen LogP contribution in [0.4, 0.5) is 0 Å². The van der Waals surface area contributed by atoms with Gasteiger partial charge < -0.3 is 14.0 Å². The van der Waals surface area contributed by atoms with Crippen molar-refractivity contribution in [1.29, 1.82) is 0 Å². The van der Waals surface area contributed by atoms with Crippen molar-refractivity contribution in [3.05, 3.63) is 52.8 Å². The molecule has 1 aliphatic heterocycles. The standard InChI is InChI=1S/C16H13N3O2S/c1-19-12-4-2-3-5-15(12)22-16(19)18-17-9-11-6-7-13-14(8-11)21-10-20-13/h2-9H,10H2,1H3/b17-9+,18-16+. The van der Waals surface area contributed by atoms with Gasteiger partial charge in [0.1, 0.15) is 0 Å². The van der Waals surface area contributed by atoms with Crippen LogP contribution in [0.5, 0.6) is 11.5 Å². The van der Waals surface area contributed by atoms with Crippen molar-refractivity contribution < 1.29 is 9.47 Å².